The fourth-order valence-electron chi connectivity index (χ4n) is 2.18. The van der Waals surface area contributed by atoms with E-state index in [9.17, 15) is 19.7 Å². The van der Waals surface area contributed by atoms with Gasteiger partial charge in [0.05, 0.1) is 25.2 Å². The highest BCUT2D eigenvalue weighted by atomic mass is 16.6. The van der Waals surface area contributed by atoms with Gasteiger partial charge in [-0.15, -0.1) is 5.11 Å². The largest absolute Gasteiger partial charge is 0.497 e. The summed E-state index contributed by atoms with van der Waals surface area (Å²) in [5.74, 6) is -0.401. The second kappa shape index (κ2) is 9.21. The molecule has 0 aliphatic rings. The third kappa shape index (κ3) is 5.10. The molecule has 0 aliphatic heterocycles. The van der Waals surface area contributed by atoms with Crippen LogP contribution in [0.3, 0.4) is 0 Å². The van der Waals surface area contributed by atoms with E-state index in [2.05, 4.69) is 15.5 Å². The Morgan fingerprint density at radius 1 is 1.07 bits per heavy atom. The molecule has 0 heterocycles. The second-order valence-electron chi connectivity index (χ2n) is 5.56. The van der Waals surface area contributed by atoms with E-state index >= 15 is 0 Å². The Labute approximate surface area is 160 Å². The average molecular weight is 386 g/mol. The maximum atomic E-state index is 12.4. The minimum Gasteiger partial charge on any atom is -0.497 e. The molecule has 0 aliphatic carbocycles. The normalized spacial score (nSPS) is 11.7. The lowest BCUT2D eigenvalue weighted by Crippen LogP contribution is -2.31. The molecule has 0 fully saturated rings. The number of carbonyl (C=O) groups excluding carboxylic acids is 2. The van der Waals surface area contributed by atoms with E-state index in [1.807, 2.05) is 0 Å². The van der Waals surface area contributed by atoms with E-state index in [0.29, 0.717) is 11.4 Å². The molecule has 10 heteroatoms. The quantitative estimate of drug-likeness (QED) is 0.320. The number of ether oxygens (including phenoxy) is 2. The minimum atomic E-state index is -1.45. The highest BCUT2D eigenvalue weighted by Gasteiger charge is 2.24. The van der Waals surface area contributed by atoms with E-state index in [0.717, 1.165) is 0 Å². The number of Topliss-reactive ketones (excluding diaryl/α,β-unsaturated/α-hetero) is 1. The number of anilines is 1. The van der Waals surface area contributed by atoms with Gasteiger partial charge in [0, 0.05) is 5.69 Å². The molecule has 2 aromatic rings. The topological polar surface area (TPSA) is 132 Å². The third-order valence-corrected chi connectivity index (χ3v) is 3.65. The number of hydrogen-bond donors (Lipinski definition) is 1. The van der Waals surface area contributed by atoms with Crippen molar-refractivity contribution in [3.05, 3.63) is 52.6 Å². The molecule has 0 aromatic heterocycles. The predicted octanol–water partition coefficient (Wildman–Crippen LogP) is 3.29. The maximum Gasteiger partial charge on any atom is 0.300 e. The Bertz CT molecular complexity index is 911. The summed E-state index contributed by atoms with van der Waals surface area (Å²) in [6.07, 6.45) is 0. The molecule has 0 bridgehead atoms. The van der Waals surface area contributed by atoms with Crippen molar-refractivity contribution >= 4 is 28.8 Å². The molecule has 0 radical (unpaired) electrons. The van der Waals surface area contributed by atoms with Gasteiger partial charge in [0.15, 0.2) is 11.5 Å². The number of carbonyl (C=O) groups is 2. The fourth-order valence-corrected chi connectivity index (χ4v) is 2.18. The van der Waals surface area contributed by atoms with Crippen LogP contribution in [0, 0.1) is 10.1 Å². The Kier molecular flexibility index (Phi) is 6.74. The molecule has 1 N–H and O–H groups in total. The van der Waals surface area contributed by atoms with Crippen molar-refractivity contribution < 1.29 is 24.0 Å². The summed E-state index contributed by atoms with van der Waals surface area (Å²) in [7, 11) is 2.88. The Morgan fingerprint density at radius 2 is 1.68 bits per heavy atom. The van der Waals surface area contributed by atoms with Gasteiger partial charge in [-0.1, -0.05) is 0 Å². The maximum absolute atomic E-state index is 12.4. The van der Waals surface area contributed by atoms with Gasteiger partial charge in [-0.25, -0.2) is 0 Å². The zero-order valence-corrected chi connectivity index (χ0v) is 15.4. The van der Waals surface area contributed by atoms with Crippen molar-refractivity contribution in [1.82, 2.24) is 0 Å². The molecule has 0 spiro atoms. The number of nitro benzene ring substituents is 1. The summed E-state index contributed by atoms with van der Waals surface area (Å²) in [4.78, 5) is 34.7. The minimum absolute atomic E-state index is 0.103. The number of azo groups is 1. The molecule has 2 aromatic carbocycles. The summed E-state index contributed by atoms with van der Waals surface area (Å²) < 4.78 is 9.97. The van der Waals surface area contributed by atoms with Crippen LogP contribution < -0.4 is 14.8 Å². The summed E-state index contributed by atoms with van der Waals surface area (Å²) in [5, 5.41) is 21.2. The van der Waals surface area contributed by atoms with Crippen molar-refractivity contribution in [3.8, 4) is 11.5 Å². The predicted molar refractivity (Wildman–Crippen MR) is 100 cm³/mol. The standard InChI is InChI=1S/C18H18N4O6/c1-11(23)17(18(24)19-12-4-6-13(27-2)7-5-12)21-20-15-9-8-14(28-3)10-16(15)22(25)26/h4-10,17H,1-3H3,(H,19,24). The van der Waals surface area contributed by atoms with Crippen molar-refractivity contribution in [2.45, 2.75) is 13.0 Å². The van der Waals surface area contributed by atoms with Crippen molar-refractivity contribution in [1.29, 1.82) is 0 Å². The molecule has 1 atom stereocenters. The van der Waals surface area contributed by atoms with Crippen LogP contribution in [0.5, 0.6) is 11.5 Å². The molecule has 1 amide bonds. The van der Waals surface area contributed by atoms with E-state index in [4.69, 9.17) is 9.47 Å². The van der Waals surface area contributed by atoms with Crippen LogP contribution in [0.1, 0.15) is 6.92 Å². The Balaban J connectivity index is 2.23. The lowest BCUT2D eigenvalue weighted by atomic mass is 10.2. The zero-order valence-electron chi connectivity index (χ0n) is 15.4. The van der Waals surface area contributed by atoms with E-state index < -0.39 is 22.7 Å². The third-order valence-electron chi connectivity index (χ3n) is 3.65. The fraction of sp³-hybridized carbons (Fsp3) is 0.222. The molecular weight excluding hydrogens is 368 g/mol. The average Bonchev–Trinajstić information content (AvgIpc) is 2.68. The highest BCUT2D eigenvalue weighted by Crippen LogP contribution is 2.31. The van der Waals surface area contributed by atoms with E-state index in [1.165, 1.54) is 39.3 Å². The molecule has 0 saturated carbocycles. The molecule has 10 nitrogen and oxygen atoms in total. The van der Waals surface area contributed by atoms with Gasteiger partial charge in [-0.2, -0.15) is 5.11 Å². The first-order valence-electron chi connectivity index (χ1n) is 8.04. The molecular formula is C18H18N4O6. The molecule has 146 valence electrons. The van der Waals surface area contributed by atoms with Gasteiger partial charge >= 0.3 is 0 Å². The monoisotopic (exact) mass is 386 g/mol. The first kappa shape index (κ1) is 20.5. The first-order valence-corrected chi connectivity index (χ1v) is 8.04. The Morgan fingerprint density at radius 3 is 2.21 bits per heavy atom. The van der Waals surface area contributed by atoms with E-state index in [-0.39, 0.29) is 17.1 Å². The van der Waals surface area contributed by atoms with Gasteiger partial charge < -0.3 is 14.8 Å². The summed E-state index contributed by atoms with van der Waals surface area (Å²) in [5.41, 5.74) is -0.0297. The number of hydrogen-bond acceptors (Lipinski definition) is 8. The van der Waals surface area contributed by atoms with Crippen LogP contribution in [-0.4, -0.2) is 36.9 Å². The van der Waals surface area contributed by atoms with Crippen molar-refractivity contribution in [2.24, 2.45) is 10.2 Å². The Hall–Kier alpha value is -3.82. The van der Waals surface area contributed by atoms with Crippen LogP contribution >= 0.6 is 0 Å². The second-order valence-corrected chi connectivity index (χ2v) is 5.56. The van der Waals surface area contributed by atoms with Gasteiger partial charge in [0.2, 0.25) is 6.04 Å². The first-order chi connectivity index (χ1) is 13.3. The van der Waals surface area contributed by atoms with Crippen LogP contribution in [-0.2, 0) is 9.59 Å². The van der Waals surface area contributed by atoms with Gasteiger partial charge in [0.1, 0.15) is 11.5 Å². The summed E-state index contributed by atoms with van der Waals surface area (Å²) in [6, 6.07) is 8.97. The number of amides is 1. The van der Waals surface area contributed by atoms with Gasteiger partial charge in [0.25, 0.3) is 11.6 Å². The molecule has 1 unspecified atom stereocenters. The summed E-state index contributed by atoms with van der Waals surface area (Å²) in [6.45, 7) is 1.18. The van der Waals surface area contributed by atoms with Crippen molar-refractivity contribution in [2.75, 3.05) is 19.5 Å². The van der Waals surface area contributed by atoms with Crippen molar-refractivity contribution in [3.63, 3.8) is 0 Å². The molecule has 28 heavy (non-hydrogen) atoms. The lowest BCUT2D eigenvalue weighted by molar-refractivity contribution is -0.384. The summed E-state index contributed by atoms with van der Waals surface area (Å²) >= 11 is 0. The smallest absolute Gasteiger partial charge is 0.300 e. The number of nitro groups is 1. The highest BCUT2D eigenvalue weighted by molar-refractivity contribution is 6.10. The number of rotatable bonds is 8. The lowest BCUT2D eigenvalue weighted by Gasteiger charge is -2.10. The molecule has 0 saturated heterocycles. The van der Waals surface area contributed by atoms with Gasteiger partial charge in [-0.3, -0.25) is 19.7 Å². The SMILES string of the molecule is COc1ccc(NC(=O)C(N=Nc2ccc(OC)cc2[N+](=O)[O-])C(C)=O)cc1. The van der Waals surface area contributed by atoms with Crippen LogP contribution in [0.15, 0.2) is 52.7 Å². The van der Waals surface area contributed by atoms with Crippen LogP contribution in [0.25, 0.3) is 0 Å². The number of nitrogens with zero attached hydrogens (tertiary/aromatic N) is 3. The number of nitrogens with one attached hydrogen (secondary N) is 1. The number of benzene rings is 2. The number of ketones is 1. The van der Waals surface area contributed by atoms with E-state index in [1.54, 1.807) is 24.3 Å². The van der Waals surface area contributed by atoms with Crippen LogP contribution in [0.4, 0.5) is 17.1 Å². The van der Waals surface area contributed by atoms with Crippen LogP contribution in [0.2, 0.25) is 0 Å². The van der Waals surface area contributed by atoms with Gasteiger partial charge in [-0.05, 0) is 43.3 Å². The molecule has 2 rings (SSSR count). The number of methoxy groups -OCH3 is 2. The zero-order chi connectivity index (χ0) is 20.7.